The van der Waals surface area contributed by atoms with Gasteiger partial charge in [-0.2, -0.15) is 4.37 Å². The molecule has 0 saturated carbocycles. The number of halogens is 1. The van der Waals surface area contributed by atoms with Gasteiger partial charge in [-0.05, 0) is 67.3 Å². The Morgan fingerprint density at radius 3 is 2.71 bits per heavy atom. The molecule has 9 heteroatoms. The van der Waals surface area contributed by atoms with Crippen molar-refractivity contribution < 1.29 is 13.9 Å². The van der Waals surface area contributed by atoms with Gasteiger partial charge in [0.25, 0.3) is 0 Å². The van der Waals surface area contributed by atoms with Gasteiger partial charge in [0.1, 0.15) is 16.6 Å². The summed E-state index contributed by atoms with van der Waals surface area (Å²) in [7, 11) is 1.60. The van der Waals surface area contributed by atoms with Crippen molar-refractivity contribution in [3.05, 3.63) is 65.9 Å². The fourth-order valence-corrected chi connectivity index (χ4v) is 4.44. The summed E-state index contributed by atoms with van der Waals surface area (Å²) >= 11 is 1.25. The van der Waals surface area contributed by atoms with Gasteiger partial charge in [0.05, 0.1) is 19.0 Å². The van der Waals surface area contributed by atoms with Gasteiger partial charge in [0, 0.05) is 36.4 Å². The van der Waals surface area contributed by atoms with Gasteiger partial charge in [0.2, 0.25) is 0 Å². The minimum atomic E-state index is -0.262. The van der Waals surface area contributed by atoms with Crippen molar-refractivity contribution in [3.63, 3.8) is 0 Å². The van der Waals surface area contributed by atoms with Gasteiger partial charge >= 0.3 is 6.03 Å². The second kappa shape index (κ2) is 9.30. The van der Waals surface area contributed by atoms with Crippen LogP contribution in [0.2, 0.25) is 0 Å². The molecule has 0 spiro atoms. The molecule has 2 atom stereocenters. The molecule has 4 rings (SSSR count). The summed E-state index contributed by atoms with van der Waals surface area (Å²) in [6.07, 6.45) is 2.41. The molecule has 1 aliphatic rings. The number of hydrogen-bond acceptors (Lipinski definition) is 6. The van der Waals surface area contributed by atoms with Crippen molar-refractivity contribution in [2.24, 2.45) is 0 Å². The molecule has 1 aromatic carbocycles. The number of benzene rings is 1. The van der Waals surface area contributed by atoms with Gasteiger partial charge in [-0.25, -0.2) is 9.18 Å². The molecule has 31 heavy (non-hydrogen) atoms. The Labute approximate surface area is 184 Å². The number of nitrogens with one attached hydrogen (secondary N) is 2. The summed E-state index contributed by atoms with van der Waals surface area (Å²) in [5, 5.41) is 6.67. The number of carbonyl (C=O) groups excluding carboxylic acids is 1. The van der Waals surface area contributed by atoms with Crippen molar-refractivity contribution in [1.82, 2.24) is 14.7 Å². The van der Waals surface area contributed by atoms with Gasteiger partial charge in [0.15, 0.2) is 0 Å². The number of rotatable bonds is 5. The Bertz CT molecular complexity index is 1030. The number of ether oxygens (including phenoxy) is 1. The van der Waals surface area contributed by atoms with Crippen molar-refractivity contribution in [3.8, 4) is 5.75 Å². The van der Waals surface area contributed by atoms with E-state index in [0.29, 0.717) is 17.3 Å². The summed E-state index contributed by atoms with van der Waals surface area (Å²) in [5.74, 6) is 0.375. The standard InChI is InChI=1S/C22H24FN5O2S/c1-14-11-21(31-27-14)26-22(29)25-20-9-10-28(16-5-3-15(23)4-6-16)13-18(20)19-8-7-17(30-2)12-24-19/h3-8,11-12,18,20H,9-10,13H2,1-2H3,(H2,25,26,29)/t18-,20+/m0/s1. The molecule has 1 fully saturated rings. The van der Waals surface area contributed by atoms with Crippen LogP contribution in [0.25, 0.3) is 0 Å². The molecule has 1 aliphatic heterocycles. The van der Waals surface area contributed by atoms with Crippen molar-refractivity contribution in [1.29, 1.82) is 0 Å². The van der Waals surface area contributed by atoms with Crippen LogP contribution >= 0.6 is 11.5 Å². The van der Waals surface area contributed by atoms with Gasteiger partial charge < -0.3 is 15.0 Å². The number of urea groups is 1. The number of amides is 2. The zero-order valence-corrected chi connectivity index (χ0v) is 18.2. The largest absolute Gasteiger partial charge is 0.495 e. The van der Waals surface area contributed by atoms with Crippen molar-refractivity contribution in [2.75, 3.05) is 30.4 Å². The molecule has 0 radical (unpaired) electrons. The summed E-state index contributed by atoms with van der Waals surface area (Å²) in [6, 6.07) is 11.8. The Hall–Kier alpha value is -3.20. The Morgan fingerprint density at radius 2 is 2.06 bits per heavy atom. The number of pyridine rings is 1. The highest BCUT2D eigenvalue weighted by atomic mass is 32.1. The average molecular weight is 442 g/mol. The SMILES string of the molecule is COc1ccc([C@@H]2CN(c3ccc(F)cc3)CC[C@H]2NC(=O)Nc2cc(C)ns2)nc1. The topological polar surface area (TPSA) is 79.4 Å². The van der Waals surface area contributed by atoms with E-state index in [0.717, 1.165) is 30.0 Å². The normalized spacial score (nSPS) is 18.5. The fourth-order valence-electron chi connectivity index (χ4n) is 3.78. The summed E-state index contributed by atoms with van der Waals surface area (Å²) in [5.41, 5.74) is 2.68. The molecule has 0 bridgehead atoms. The summed E-state index contributed by atoms with van der Waals surface area (Å²) < 4.78 is 22.8. The van der Waals surface area contributed by atoms with Crippen LogP contribution in [0.3, 0.4) is 0 Å². The predicted molar refractivity (Wildman–Crippen MR) is 120 cm³/mol. The molecule has 2 amide bonds. The first-order chi connectivity index (χ1) is 15.0. The highest BCUT2D eigenvalue weighted by molar-refractivity contribution is 7.10. The summed E-state index contributed by atoms with van der Waals surface area (Å²) in [4.78, 5) is 19.4. The predicted octanol–water partition coefficient (Wildman–Crippen LogP) is 4.18. The van der Waals surface area contributed by atoms with E-state index in [1.807, 2.05) is 25.1 Å². The van der Waals surface area contributed by atoms with Crippen LogP contribution in [0.15, 0.2) is 48.7 Å². The lowest BCUT2D eigenvalue weighted by Crippen LogP contribution is -2.51. The third-order valence-electron chi connectivity index (χ3n) is 5.36. The molecule has 2 aromatic heterocycles. The first-order valence-electron chi connectivity index (χ1n) is 10.0. The average Bonchev–Trinajstić information content (AvgIpc) is 3.19. The quantitative estimate of drug-likeness (QED) is 0.621. The van der Waals surface area contributed by atoms with E-state index < -0.39 is 0 Å². The van der Waals surface area contributed by atoms with Crippen LogP contribution < -0.4 is 20.3 Å². The first kappa shape index (κ1) is 21.0. The molecule has 1 saturated heterocycles. The molecular weight excluding hydrogens is 417 g/mol. The Balaban J connectivity index is 1.52. The molecule has 3 aromatic rings. The minimum Gasteiger partial charge on any atom is -0.495 e. The smallest absolute Gasteiger partial charge is 0.320 e. The third-order valence-corrected chi connectivity index (χ3v) is 6.16. The van der Waals surface area contributed by atoms with Crippen LogP contribution in [0, 0.1) is 12.7 Å². The number of hydrogen-bond donors (Lipinski definition) is 2. The monoisotopic (exact) mass is 441 g/mol. The van der Waals surface area contributed by atoms with Crippen LogP contribution in [-0.4, -0.2) is 41.6 Å². The van der Waals surface area contributed by atoms with Crippen LogP contribution in [0.5, 0.6) is 5.75 Å². The Kier molecular flexibility index (Phi) is 6.31. The second-order valence-corrected chi connectivity index (χ2v) is 8.28. The van der Waals surface area contributed by atoms with Crippen LogP contribution in [-0.2, 0) is 0 Å². The maximum atomic E-state index is 13.4. The van der Waals surface area contributed by atoms with Crippen LogP contribution in [0.1, 0.15) is 23.7 Å². The molecular formula is C22H24FN5O2S. The van der Waals surface area contributed by atoms with E-state index in [1.54, 1.807) is 25.4 Å². The highest BCUT2D eigenvalue weighted by Gasteiger charge is 2.33. The van der Waals surface area contributed by atoms with Crippen molar-refractivity contribution in [2.45, 2.75) is 25.3 Å². The van der Waals surface area contributed by atoms with Gasteiger partial charge in [-0.3, -0.25) is 10.3 Å². The van der Waals surface area contributed by atoms with E-state index in [4.69, 9.17) is 4.74 Å². The molecule has 7 nitrogen and oxygen atoms in total. The van der Waals surface area contributed by atoms with E-state index in [2.05, 4.69) is 24.9 Å². The first-order valence-corrected chi connectivity index (χ1v) is 10.8. The zero-order valence-electron chi connectivity index (χ0n) is 17.3. The van der Waals surface area contributed by atoms with Gasteiger partial charge in [-0.15, -0.1) is 0 Å². The van der Waals surface area contributed by atoms with E-state index >= 15 is 0 Å². The maximum absolute atomic E-state index is 13.4. The van der Waals surface area contributed by atoms with E-state index in [-0.39, 0.29) is 23.8 Å². The van der Waals surface area contributed by atoms with E-state index in [1.165, 1.54) is 23.7 Å². The lowest BCUT2D eigenvalue weighted by molar-refractivity contribution is 0.243. The number of methoxy groups -OCH3 is 1. The number of carbonyl (C=O) groups is 1. The Morgan fingerprint density at radius 1 is 1.26 bits per heavy atom. The molecule has 0 aliphatic carbocycles. The molecule has 162 valence electrons. The molecule has 3 heterocycles. The fraction of sp³-hybridized carbons (Fsp3) is 0.318. The lowest BCUT2D eigenvalue weighted by Gasteiger charge is -2.39. The maximum Gasteiger partial charge on any atom is 0.320 e. The highest BCUT2D eigenvalue weighted by Crippen LogP contribution is 2.30. The number of aryl methyl sites for hydroxylation is 1. The molecule has 2 N–H and O–H groups in total. The van der Waals surface area contributed by atoms with E-state index in [9.17, 15) is 9.18 Å². The van der Waals surface area contributed by atoms with Crippen LogP contribution in [0.4, 0.5) is 19.9 Å². The third kappa shape index (κ3) is 5.11. The van der Waals surface area contributed by atoms with Crippen molar-refractivity contribution >= 4 is 28.3 Å². The number of nitrogens with zero attached hydrogens (tertiary/aromatic N) is 3. The zero-order chi connectivity index (χ0) is 21.8. The number of aromatic nitrogens is 2. The van der Waals surface area contributed by atoms with Gasteiger partial charge in [-0.1, -0.05) is 0 Å². The second-order valence-electron chi connectivity index (χ2n) is 7.48. The number of piperidine rings is 1. The molecule has 0 unspecified atom stereocenters. The lowest BCUT2D eigenvalue weighted by atomic mass is 9.88. The minimum absolute atomic E-state index is 0.0429. The summed E-state index contributed by atoms with van der Waals surface area (Å²) in [6.45, 7) is 3.27. The number of anilines is 2.